The highest BCUT2D eigenvalue weighted by Crippen LogP contribution is 2.46. The molecule has 1 atom stereocenters. The van der Waals surface area contributed by atoms with Crippen molar-refractivity contribution in [3.63, 3.8) is 0 Å². The zero-order chi connectivity index (χ0) is 10.6. The van der Waals surface area contributed by atoms with Gasteiger partial charge in [0.2, 0.25) is 0 Å². The Kier molecular flexibility index (Phi) is 4.39. The molecular formula is C12H25NO. The minimum atomic E-state index is 0.390. The van der Waals surface area contributed by atoms with Gasteiger partial charge in [-0.3, -0.25) is 0 Å². The molecular weight excluding hydrogens is 174 g/mol. The maximum Gasteiger partial charge on any atom is 0.0530 e. The number of hydrogen-bond acceptors (Lipinski definition) is 2. The maximum atomic E-state index is 5.37. The van der Waals surface area contributed by atoms with Gasteiger partial charge < -0.3 is 9.64 Å². The monoisotopic (exact) mass is 199 g/mol. The SMILES string of the molecule is CCN(CC)CC(C)(COC)C1CC1. The molecule has 1 unspecified atom stereocenters. The zero-order valence-electron chi connectivity index (χ0n) is 10.2. The van der Waals surface area contributed by atoms with Crippen LogP contribution in [0.1, 0.15) is 33.6 Å². The van der Waals surface area contributed by atoms with Crippen molar-refractivity contribution in [1.29, 1.82) is 0 Å². The molecule has 0 N–H and O–H groups in total. The van der Waals surface area contributed by atoms with Crippen molar-refractivity contribution in [2.24, 2.45) is 11.3 Å². The summed E-state index contributed by atoms with van der Waals surface area (Å²) in [6, 6.07) is 0. The van der Waals surface area contributed by atoms with Gasteiger partial charge in [-0.05, 0) is 31.8 Å². The van der Waals surface area contributed by atoms with Gasteiger partial charge in [0, 0.05) is 19.1 Å². The fraction of sp³-hybridized carbons (Fsp3) is 1.00. The Bertz CT molecular complexity index is 164. The molecule has 2 nitrogen and oxygen atoms in total. The predicted octanol–water partition coefficient (Wildman–Crippen LogP) is 2.39. The fourth-order valence-corrected chi connectivity index (χ4v) is 2.36. The third kappa shape index (κ3) is 2.96. The molecule has 1 aliphatic rings. The first-order valence-corrected chi connectivity index (χ1v) is 5.87. The molecule has 1 rings (SSSR count). The van der Waals surface area contributed by atoms with Crippen molar-refractivity contribution in [2.75, 3.05) is 33.4 Å². The summed E-state index contributed by atoms with van der Waals surface area (Å²) >= 11 is 0. The predicted molar refractivity (Wildman–Crippen MR) is 60.5 cm³/mol. The summed E-state index contributed by atoms with van der Waals surface area (Å²) in [7, 11) is 1.82. The van der Waals surface area contributed by atoms with Crippen molar-refractivity contribution >= 4 is 0 Å². The quantitative estimate of drug-likeness (QED) is 0.624. The van der Waals surface area contributed by atoms with Crippen LogP contribution in [0.3, 0.4) is 0 Å². The van der Waals surface area contributed by atoms with Crippen LogP contribution in [0, 0.1) is 11.3 Å². The Labute approximate surface area is 88.6 Å². The molecule has 0 heterocycles. The molecule has 1 fully saturated rings. The van der Waals surface area contributed by atoms with Gasteiger partial charge >= 0.3 is 0 Å². The van der Waals surface area contributed by atoms with Crippen LogP contribution in [0.5, 0.6) is 0 Å². The lowest BCUT2D eigenvalue weighted by atomic mass is 9.85. The number of rotatable bonds is 7. The zero-order valence-corrected chi connectivity index (χ0v) is 10.2. The Balaban J connectivity index is 2.48. The summed E-state index contributed by atoms with van der Waals surface area (Å²) in [5, 5.41) is 0. The second-order valence-electron chi connectivity index (χ2n) is 4.82. The molecule has 0 bridgehead atoms. The first kappa shape index (κ1) is 12.0. The lowest BCUT2D eigenvalue weighted by Gasteiger charge is -2.34. The molecule has 1 aliphatic carbocycles. The van der Waals surface area contributed by atoms with E-state index >= 15 is 0 Å². The van der Waals surface area contributed by atoms with E-state index in [9.17, 15) is 0 Å². The van der Waals surface area contributed by atoms with Crippen LogP contribution in [0.4, 0.5) is 0 Å². The first-order valence-electron chi connectivity index (χ1n) is 5.87. The molecule has 2 heteroatoms. The molecule has 0 radical (unpaired) electrons. The van der Waals surface area contributed by atoms with E-state index in [1.165, 1.54) is 19.4 Å². The topological polar surface area (TPSA) is 12.5 Å². The van der Waals surface area contributed by atoms with Crippen LogP contribution in [-0.2, 0) is 4.74 Å². The lowest BCUT2D eigenvalue weighted by molar-refractivity contribution is 0.0444. The average Bonchev–Trinajstić information content (AvgIpc) is 2.98. The lowest BCUT2D eigenvalue weighted by Crippen LogP contribution is -2.40. The van der Waals surface area contributed by atoms with E-state index in [-0.39, 0.29) is 0 Å². The summed E-state index contributed by atoms with van der Waals surface area (Å²) in [5.74, 6) is 0.906. The molecule has 0 saturated heterocycles. The molecule has 0 aliphatic heterocycles. The normalized spacial score (nSPS) is 21.2. The van der Waals surface area contributed by atoms with E-state index in [4.69, 9.17) is 4.74 Å². The minimum absolute atomic E-state index is 0.390. The van der Waals surface area contributed by atoms with Crippen molar-refractivity contribution in [3.05, 3.63) is 0 Å². The van der Waals surface area contributed by atoms with E-state index in [1.54, 1.807) is 0 Å². The van der Waals surface area contributed by atoms with Gasteiger partial charge in [0.05, 0.1) is 6.61 Å². The second kappa shape index (κ2) is 5.13. The Hall–Kier alpha value is -0.0800. The van der Waals surface area contributed by atoms with E-state index < -0.39 is 0 Å². The van der Waals surface area contributed by atoms with Crippen molar-refractivity contribution in [1.82, 2.24) is 4.90 Å². The highest BCUT2D eigenvalue weighted by atomic mass is 16.5. The maximum absolute atomic E-state index is 5.37. The number of methoxy groups -OCH3 is 1. The number of ether oxygens (including phenoxy) is 1. The van der Waals surface area contributed by atoms with Crippen LogP contribution in [0.25, 0.3) is 0 Å². The van der Waals surface area contributed by atoms with Gasteiger partial charge in [-0.1, -0.05) is 20.8 Å². The van der Waals surface area contributed by atoms with Crippen LogP contribution in [0.15, 0.2) is 0 Å². The molecule has 1 saturated carbocycles. The molecule has 0 aromatic rings. The third-order valence-electron chi connectivity index (χ3n) is 3.52. The van der Waals surface area contributed by atoms with E-state index in [2.05, 4.69) is 25.7 Å². The summed E-state index contributed by atoms with van der Waals surface area (Å²) in [6.45, 7) is 11.3. The molecule has 0 amide bonds. The third-order valence-corrected chi connectivity index (χ3v) is 3.52. The van der Waals surface area contributed by atoms with E-state index in [1.807, 2.05) is 7.11 Å². The summed E-state index contributed by atoms with van der Waals surface area (Å²) in [4.78, 5) is 2.51. The number of nitrogens with zero attached hydrogens (tertiary/aromatic N) is 1. The Morgan fingerprint density at radius 3 is 2.21 bits per heavy atom. The highest BCUT2D eigenvalue weighted by Gasteiger charge is 2.42. The van der Waals surface area contributed by atoms with Gasteiger partial charge in [-0.25, -0.2) is 0 Å². The van der Waals surface area contributed by atoms with Crippen LogP contribution in [-0.4, -0.2) is 38.3 Å². The largest absolute Gasteiger partial charge is 0.384 e. The van der Waals surface area contributed by atoms with Crippen LogP contribution >= 0.6 is 0 Å². The Morgan fingerprint density at radius 1 is 1.29 bits per heavy atom. The van der Waals surface area contributed by atoms with Gasteiger partial charge in [-0.2, -0.15) is 0 Å². The smallest absolute Gasteiger partial charge is 0.0530 e. The minimum Gasteiger partial charge on any atom is -0.384 e. The van der Waals surface area contributed by atoms with Crippen LogP contribution in [0.2, 0.25) is 0 Å². The molecule has 14 heavy (non-hydrogen) atoms. The van der Waals surface area contributed by atoms with Crippen molar-refractivity contribution in [3.8, 4) is 0 Å². The van der Waals surface area contributed by atoms with Gasteiger partial charge in [-0.15, -0.1) is 0 Å². The van der Waals surface area contributed by atoms with Gasteiger partial charge in [0.15, 0.2) is 0 Å². The average molecular weight is 199 g/mol. The first-order chi connectivity index (χ1) is 6.66. The highest BCUT2D eigenvalue weighted by molar-refractivity contribution is 4.92. The summed E-state index contributed by atoms with van der Waals surface area (Å²) in [5.41, 5.74) is 0.390. The standard InChI is InChI=1S/C12H25NO/c1-5-13(6-2)9-12(3,10-14-4)11-7-8-11/h11H,5-10H2,1-4H3. The summed E-state index contributed by atoms with van der Waals surface area (Å²) < 4.78 is 5.37. The molecule has 0 aromatic carbocycles. The molecule has 0 aromatic heterocycles. The molecule has 84 valence electrons. The van der Waals surface area contributed by atoms with E-state index in [0.717, 1.165) is 25.6 Å². The second-order valence-corrected chi connectivity index (χ2v) is 4.82. The van der Waals surface area contributed by atoms with Crippen molar-refractivity contribution < 1.29 is 4.74 Å². The van der Waals surface area contributed by atoms with Crippen LogP contribution < -0.4 is 0 Å². The van der Waals surface area contributed by atoms with Gasteiger partial charge in [0.25, 0.3) is 0 Å². The number of hydrogen-bond donors (Lipinski definition) is 0. The molecule has 0 spiro atoms. The van der Waals surface area contributed by atoms with E-state index in [0.29, 0.717) is 5.41 Å². The summed E-state index contributed by atoms with van der Waals surface area (Å²) in [6.07, 6.45) is 2.81. The Morgan fingerprint density at radius 2 is 1.86 bits per heavy atom. The van der Waals surface area contributed by atoms with Gasteiger partial charge in [0.1, 0.15) is 0 Å². The van der Waals surface area contributed by atoms with Crippen molar-refractivity contribution in [2.45, 2.75) is 33.6 Å². The fourth-order valence-electron chi connectivity index (χ4n) is 2.36.